The molecule has 7 rings (SSSR count). The lowest BCUT2D eigenvalue weighted by molar-refractivity contribution is -0.172. The molecule has 0 bridgehead atoms. The fourth-order valence-electron chi connectivity index (χ4n) is 6.80. The number of pyridine rings is 2. The summed E-state index contributed by atoms with van der Waals surface area (Å²) in [5, 5.41) is 35.1. The Bertz CT molecular complexity index is 1950. The molecule has 5 heterocycles. The summed E-state index contributed by atoms with van der Waals surface area (Å²) >= 11 is 0. The summed E-state index contributed by atoms with van der Waals surface area (Å²) in [6.07, 6.45) is 2.53. The quantitative estimate of drug-likeness (QED) is 0.156. The fraction of sp³-hybridized carbons (Fsp3) is 0.400. The molecular formula is C30H30FN7O6. The molecule has 2 aliphatic heterocycles. The Morgan fingerprint density at radius 2 is 2.07 bits per heavy atom. The number of nitrogens with zero attached hydrogens (tertiary/aromatic N) is 5. The van der Waals surface area contributed by atoms with E-state index < -0.39 is 17.5 Å². The number of aromatic nitrogens is 5. The molecule has 1 amide bonds. The number of hydrogen-bond acceptors (Lipinski definition) is 10. The van der Waals surface area contributed by atoms with Gasteiger partial charge >= 0.3 is 5.97 Å². The van der Waals surface area contributed by atoms with Crippen LogP contribution < -0.4 is 16.2 Å². The van der Waals surface area contributed by atoms with Gasteiger partial charge in [-0.2, -0.15) is 0 Å². The normalized spacial score (nSPS) is 19.8. The average Bonchev–Trinajstić information content (AvgIpc) is 3.63. The van der Waals surface area contributed by atoms with E-state index in [0.29, 0.717) is 35.3 Å². The number of carbonyl (C=O) groups is 2. The van der Waals surface area contributed by atoms with E-state index in [0.717, 1.165) is 22.1 Å². The summed E-state index contributed by atoms with van der Waals surface area (Å²) < 4.78 is 23.2. The van der Waals surface area contributed by atoms with Gasteiger partial charge in [-0.05, 0) is 48.9 Å². The van der Waals surface area contributed by atoms with Crippen LogP contribution in [0.5, 0.6) is 0 Å². The van der Waals surface area contributed by atoms with Crippen molar-refractivity contribution in [3.05, 3.63) is 73.6 Å². The first-order valence-electron chi connectivity index (χ1n) is 14.5. The summed E-state index contributed by atoms with van der Waals surface area (Å²) in [6, 6.07) is 2.76. The number of nitrogens with one attached hydrogen (secondary N) is 2. The highest BCUT2D eigenvalue weighted by atomic mass is 19.1. The zero-order chi connectivity index (χ0) is 30.9. The number of halogens is 1. The van der Waals surface area contributed by atoms with Crippen molar-refractivity contribution in [3.8, 4) is 11.4 Å². The summed E-state index contributed by atoms with van der Waals surface area (Å²) in [6.45, 7) is 3.37. The molecular weight excluding hydrogens is 573 g/mol. The summed E-state index contributed by atoms with van der Waals surface area (Å²) in [7, 11) is 0. The molecule has 44 heavy (non-hydrogen) atoms. The van der Waals surface area contributed by atoms with E-state index in [2.05, 4.69) is 20.9 Å². The van der Waals surface area contributed by atoms with Crippen LogP contribution >= 0.6 is 0 Å². The van der Waals surface area contributed by atoms with Crippen LogP contribution in [0.4, 0.5) is 4.39 Å². The molecule has 0 fully saturated rings. The minimum atomic E-state index is -1.96. The zero-order valence-corrected chi connectivity index (χ0v) is 24.1. The van der Waals surface area contributed by atoms with Crippen LogP contribution in [-0.4, -0.2) is 59.9 Å². The Labute approximate surface area is 249 Å². The minimum Gasteiger partial charge on any atom is -0.458 e. The second-order valence-electron chi connectivity index (χ2n) is 11.4. The van der Waals surface area contributed by atoms with Gasteiger partial charge in [-0.25, -0.2) is 18.9 Å². The van der Waals surface area contributed by atoms with Crippen LogP contribution in [0.3, 0.4) is 0 Å². The molecule has 4 aromatic rings. The number of aliphatic hydroxyl groups is 2. The number of benzene rings is 1. The van der Waals surface area contributed by atoms with Gasteiger partial charge in [-0.1, -0.05) is 12.1 Å². The molecule has 3 aliphatic rings. The number of amides is 1. The zero-order valence-electron chi connectivity index (χ0n) is 24.1. The van der Waals surface area contributed by atoms with Crippen molar-refractivity contribution in [2.24, 2.45) is 0 Å². The second-order valence-corrected chi connectivity index (χ2v) is 11.4. The Hall–Kier alpha value is -4.53. The molecule has 0 saturated heterocycles. The third kappa shape index (κ3) is 4.01. The van der Waals surface area contributed by atoms with Crippen LogP contribution in [-0.2, 0) is 41.2 Å². The van der Waals surface area contributed by atoms with Crippen molar-refractivity contribution >= 4 is 22.8 Å². The third-order valence-electron chi connectivity index (χ3n) is 9.14. The Balaban J connectivity index is 1.31. The Kier molecular flexibility index (Phi) is 6.60. The van der Waals surface area contributed by atoms with Crippen molar-refractivity contribution in [1.82, 2.24) is 35.2 Å². The van der Waals surface area contributed by atoms with Gasteiger partial charge in [0.25, 0.3) is 11.5 Å². The van der Waals surface area contributed by atoms with E-state index >= 15 is 4.39 Å². The molecule has 0 spiro atoms. The van der Waals surface area contributed by atoms with E-state index in [1.165, 1.54) is 16.9 Å². The SMILES string of the molecule is CC[C@@]1(O)C(=O)OCc2c1cc1n(c2=O)Cc2c-1nc1cc(F)c(C)c3c1c2[C@H](NCNC(=O)c1cnnn1CCO)CC3. The molecule has 4 N–H and O–H groups in total. The van der Waals surface area contributed by atoms with Crippen LogP contribution in [0.1, 0.15) is 69.7 Å². The predicted octanol–water partition coefficient (Wildman–Crippen LogP) is 1.08. The molecule has 3 aromatic heterocycles. The molecule has 228 valence electrons. The maximum Gasteiger partial charge on any atom is 0.343 e. The molecule has 1 aromatic carbocycles. The first-order chi connectivity index (χ1) is 21.2. The second kappa shape index (κ2) is 10.3. The highest BCUT2D eigenvalue weighted by Crippen LogP contribution is 2.45. The van der Waals surface area contributed by atoms with Gasteiger partial charge in [0.2, 0.25) is 0 Å². The van der Waals surface area contributed by atoms with E-state index in [9.17, 15) is 24.6 Å². The molecule has 0 saturated carbocycles. The number of carbonyl (C=O) groups excluding carboxylic acids is 2. The third-order valence-corrected chi connectivity index (χ3v) is 9.14. The van der Waals surface area contributed by atoms with Crippen molar-refractivity contribution in [1.29, 1.82) is 0 Å². The van der Waals surface area contributed by atoms with Gasteiger partial charge in [-0.3, -0.25) is 14.9 Å². The average molecular weight is 604 g/mol. The van der Waals surface area contributed by atoms with Crippen molar-refractivity contribution < 1.29 is 28.9 Å². The van der Waals surface area contributed by atoms with Gasteiger partial charge in [0.05, 0.1) is 55.0 Å². The van der Waals surface area contributed by atoms with E-state index in [1.54, 1.807) is 24.5 Å². The van der Waals surface area contributed by atoms with Gasteiger partial charge in [0.1, 0.15) is 18.1 Å². The number of esters is 1. The van der Waals surface area contributed by atoms with Gasteiger partial charge in [-0.15, -0.1) is 5.10 Å². The molecule has 1 aliphatic carbocycles. The first kappa shape index (κ1) is 28.3. The minimum absolute atomic E-state index is 0.0212. The Morgan fingerprint density at radius 3 is 2.84 bits per heavy atom. The molecule has 0 radical (unpaired) electrons. The monoisotopic (exact) mass is 603 g/mol. The number of ether oxygens (including phenoxy) is 1. The van der Waals surface area contributed by atoms with Crippen LogP contribution in [0.2, 0.25) is 0 Å². The summed E-state index contributed by atoms with van der Waals surface area (Å²) in [5.41, 5.74) is 2.71. The van der Waals surface area contributed by atoms with Gasteiger partial charge in [0, 0.05) is 28.6 Å². The largest absolute Gasteiger partial charge is 0.458 e. The van der Waals surface area contributed by atoms with Crippen LogP contribution in [0.25, 0.3) is 22.3 Å². The van der Waals surface area contributed by atoms with Crippen LogP contribution in [0, 0.1) is 12.7 Å². The number of rotatable bonds is 7. The number of hydrogen-bond donors (Lipinski definition) is 4. The van der Waals surface area contributed by atoms with Crippen molar-refractivity contribution in [2.45, 2.75) is 64.4 Å². The smallest absolute Gasteiger partial charge is 0.343 e. The van der Waals surface area contributed by atoms with Crippen molar-refractivity contribution in [2.75, 3.05) is 13.3 Å². The topological polar surface area (TPSA) is 173 Å². The lowest BCUT2D eigenvalue weighted by Crippen LogP contribution is -2.44. The number of aryl methyl sites for hydroxylation is 1. The van der Waals surface area contributed by atoms with Crippen molar-refractivity contribution in [3.63, 3.8) is 0 Å². The van der Waals surface area contributed by atoms with E-state index in [1.807, 2.05) is 0 Å². The molecule has 14 heteroatoms. The van der Waals surface area contributed by atoms with Crippen LogP contribution in [0.15, 0.2) is 23.1 Å². The molecule has 13 nitrogen and oxygen atoms in total. The molecule has 0 unspecified atom stereocenters. The summed E-state index contributed by atoms with van der Waals surface area (Å²) in [5.74, 6) is -1.60. The lowest BCUT2D eigenvalue weighted by Gasteiger charge is -2.31. The van der Waals surface area contributed by atoms with Gasteiger partial charge in [0.15, 0.2) is 5.60 Å². The Morgan fingerprint density at radius 1 is 1.25 bits per heavy atom. The lowest BCUT2D eigenvalue weighted by atomic mass is 9.81. The fourth-order valence-corrected chi connectivity index (χ4v) is 6.80. The standard InChI is InChI=1S/C30H30FN7O6/c1-3-30(43)18-8-22-26-16(11-37(22)28(41)17(18)12-44-29(30)42)25-20(5-4-15-14(2)19(31)9-21(35-26)24(15)25)32-13-33-27(40)23-10-34-36-38(23)6-7-39/h8-10,20,32,39,43H,3-7,11-13H2,1-2H3,(H,33,40)/t20-,30+/m1/s1. The number of fused-ring (bicyclic) bond motifs is 5. The first-order valence-corrected chi connectivity index (χ1v) is 14.5. The van der Waals surface area contributed by atoms with E-state index in [-0.39, 0.29) is 73.6 Å². The predicted molar refractivity (Wildman–Crippen MR) is 153 cm³/mol. The molecule has 2 atom stereocenters. The summed E-state index contributed by atoms with van der Waals surface area (Å²) in [4.78, 5) is 44.0. The highest BCUT2D eigenvalue weighted by molar-refractivity contribution is 5.94. The number of cyclic esters (lactones) is 1. The van der Waals surface area contributed by atoms with Gasteiger partial charge < -0.3 is 24.8 Å². The van der Waals surface area contributed by atoms with E-state index in [4.69, 9.17) is 9.72 Å². The number of aliphatic hydroxyl groups excluding tert-OH is 1. The highest BCUT2D eigenvalue weighted by Gasteiger charge is 2.46. The maximum absolute atomic E-state index is 15.1. The maximum atomic E-state index is 15.1.